The predicted octanol–water partition coefficient (Wildman–Crippen LogP) is 0.357. The van der Waals surface area contributed by atoms with E-state index in [0.29, 0.717) is 19.0 Å². The molecule has 0 aliphatic carbocycles. The number of quaternary nitrogens is 1. The van der Waals surface area contributed by atoms with Gasteiger partial charge in [0, 0.05) is 38.3 Å². The molecule has 1 saturated heterocycles. The van der Waals surface area contributed by atoms with Crippen molar-refractivity contribution in [2.75, 3.05) is 19.6 Å². The van der Waals surface area contributed by atoms with Crippen LogP contribution in [0.25, 0.3) is 0 Å². The van der Waals surface area contributed by atoms with Gasteiger partial charge in [0.1, 0.15) is 18.1 Å². The van der Waals surface area contributed by atoms with Crippen LogP contribution in [-0.4, -0.2) is 56.5 Å². The lowest BCUT2D eigenvalue weighted by Gasteiger charge is -2.31. The number of piperidine rings is 1. The van der Waals surface area contributed by atoms with Crippen molar-refractivity contribution in [3.8, 4) is 5.88 Å². The smallest absolute Gasteiger partial charge is 0.247 e. The van der Waals surface area contributed by atoms with Crippen molar-refractivity contribution >= 4 is 11.7 Å². The lowest BCUT2D eigenvalue weighted by molar-refractivity contribution is -0.567. The van der Waals surface area contributed by atoms with Gasteiger partial charge in [-0.1, -0.05) is 6.58 Å². The molecular weight excluding hydrogens is 344 g/mol. The maximum absolute atomic E-state index is 11.7. The summed E-state index contributed by atoms with van der Waals surface area (Å²) in [5, 5.41) is 2.12. The topological polar surface area (TPSA) is 97.7 Å². The number of hydrogen-bond donors (Lipinski definition) is 1. The maximum atomic E-state index is 11.7. The Kier molecular flexibility index (Phi) is 5.06. The molecule has 1 atom stereocenters. The Labute approximate surface area is 157 Å². The van der Waals surface area contributed by atoms with Crippen LogP contribution in [-0.2, 0) is 11.2 Å². The largest absolute Gasteiger partial charge is 0.473 e. The third-order valence-corrected chi connectivity index (χ3v) is 5.10. The summed E-state index contributed by atoms with van der Waals surface area (Å²) in [6.45, 7) is 5.81. The van der Waals surface area contributed by atoms with Crippen LogP contribution < -0.4 is 10.1 Å². The number of carbonyl (C=O) groups is 1. The van der Waals surface area contributed by atoms with Gasteiger partial charge < -0.3 is 9.64 Å². The zero-order valence-corrected chi connectivity index (χ0v) is 15.1. The van der Waals surface area contributed by atoms with Gasteiger partial charge in [-0.2, -0.15) is 4.98 Å². The molecule has 0 bridgehead atoms. The number of rotatable bonds is 5. The van der Waals surface area contributed by atoms with E-state index in [4.69, 9.17) is 9.72 Å². The minimum absolute atomic E-state index is 0.0194. The molecule has 2 aromatic rings. The molecule has 8 nitrogen and oxygen atoms in total. The van der Waals surface area contributed by atoms with Gasteiger partial charge in [0.2, 0.25) is 17.6 Å². The maximum Gasteiger partial charge on any atom is 0.247 e. The number of nitrogens with two attached hydrogens (primary N) is 1. The van der Waals surface area contributed by atoms with Crippen LogP contribution in [0.3, 0.4) is 0 Å². The van der Waals surface area contributed by atoms with Crippen LogP contribution >= 0.6 is 0 Å². The Balaban J connectivity index is 1.40. The summed E-state index contributed by atoms with van der Waals surface area (Å²) >= 11 is 0. The van der Waals surface area contributed by atoms with E-state index in [1.54, 1.807) is 11.1 Å². The molecule has 1 fully saturated rings. The van der Waals surface area contributed by atoms with Gasteiger partial charge in [-0.05, 0) is 18.1 Å². The first-order valence-corrected chi connectivity index (χ1v) is 9.25. The lowest BCUT2D eigenvalue weighted by atomic mass is 10.00. The highest BCUT2D eigenvalue weighted by molar-refractivity contribution is 5.87. The molecule has 2 aliphatic rings. The van der Waals surface area contributed by atoms with E-state index in [0.717, 1.165) is 42.9 Å². The summed E-state index contributed by atoms with van der Waals surface area (Å²) in [5.74, 6) is 1.76. The Bertz CT molecular complexity index is 820. The zero-order valence-electron chi connectivity index (χ0n) is 15.1. The highest BCUT2D eigenvalue weighted by Crippen LogP contribution is 2.27. The molecule has 2 aliphatic heterocycles. The number of likely N-dealkylation sites (tertiary alicyclic amines) is 1. The Morgan fingerprint density at radius 3 is 2.81 bits per heavy atom. The summed E-state index contributed by atoms with van der Waals surface area (Å²) in [4.78, 5) is 30.9. The summed E-state index contributed by atoms with van der Waals surface area (Å²) in [5.41, 5.74) is 2.08. The van der Waals surface area contributed by atoms with E-state index < -0.39 is 0 Å². The number of ether oxygens (including phenoxy) is 1. The van der Waals surface area contributed by atoms with Gasteiger partial charge >= 0.3 is 0 Å². The molecule has 4 heterocycles. The molecule has 0 spiro atoms. The average Bonchev–Trinajstić information content (AvgIpc) is 3.11. The SMILES string of the molecule is C=CC(=O)N1CCC(Oc2cnc3c(n2)C(Cc2cncnc2)C[NH2+]3)CC1. The monoisotopic (exact) mass is 367 g/mol. The van der Waals surface area contributed by atoms with Gasteiger partial charge in [0.25, 0.3) is 0 Å². The van der Waals surface area contributed by atoms with E-state index in [9.17, 15) is 4.79 Å². The van der Waals surface area contributed by atoms with Crippen LogP contribution in [0.5, 0.6) is 5.88 Å². The third kappa shape index (κ3) is 3.95. The van der Waals surface area contributed by atoms with Crippen LogP contribution in [0.1, 0.15) is 30.0 Å². The number of hydrogen-bond acceptors (Lipinski definition) is 6. The zero-order chi connectivity index (χ0) is 18.6. The fourth-order valence-corrected chi connectivity index (χ4v) is 3.67. The molecule has 0 saturated carbocycles. The highest BCUT2D eigenvalue weighted by atomic mass is 16.5. The first-order chi connectivity index (χ1) is 13.2. The number of carbonyl (C=O) groups excluding carboxylic acids is 1. The Hall–Kier alpha value is -2.87. The first-order valence-electron chi connectivity index (χ1n) is 9.25. The second kappa shape index (κ2) is 7.79. The molecule has 1 amide bonds. The Morgan fingerprint density at radius 1 is 1.30 bits per heavy atom. The van der Waals surface area contributed by atoms with Crippen molar-refractivity contribution in [2.24, 2.45) is 0 Å². The van der Waals surface area contributed by atoms with Crippen LogP contribution in [0.2, 0.25) is 0 Å². The predicted molar refractivity (Wildman–Crippen MR) is 97.4 cm³/mol. The van der Waals surface area contributed by atoms with Crippen molar-refractivity contribution in [1.82, 2.24) is 24.8 Å². The van der Waals surface area contributed by atoms with Crippen LogP contribution in [0.15, 0.2) is 37.6 Å². The molecule has 1 unspecified atom stereocenters. The van der Waals surface area contributed by atoms with Gasteiger partial charge in [-0.25, -0.2) is 15.0 Å². The summed E-state index contributed by atoms with van der Waals surface area (Å²) in [6.07, 6.45) is 10.8. The quantitative estimate of drug-likeness (QED) is 0.766. The number of nitrogens with zero attached hydrogens (tertiary/aromatic N) is 5. The van der Waals surface area contributed by atoms with Crippen molar-refractivity contribution in [3.05, 3.63) is 48.8 Å². The van der Waals surface area contributed by atoms with E-state index in [1.165, 1.54) is 12.4 Å². The number of amides is 1. The summed E-state index contributed by atoms with van der Waals surface area (Å²) < 4.78 is 6.06. The van der Waals surface area contributed by atoms with Crippen molar-refractivity contribution in [1.29, 1.82) is 0 Å². The van der Waals surface area contributed by atoms with E-state index >= 15 is 0 Å². The standard InChI is InChI=1S/C19H22N6O2/c1-2-17(26)25-5-3-15(4-6-25)27-16-11-23-19-18(24-16)14(10-22-19)7-13-8-20-12-21-9-13/h2,8-9,11-12,14-15H,1,3-7,10H2,(H,22,23)/p+1. The molecule has 0 aromatic carbocycles. The number of aromatic nitrogens is 4. The summed E-state index contributed by atoms with van der Waals surface area (Å²) in [7, 11) is 0. The van der Waals surface area contributed by atoms with E-state index in [-0.39, 0.29) is 17.9 Å². The van der Waals surface area contributed by atoms with Gasteiger partial charge in [-0.3, -0.25) is 10.1 Å². The molecular formula is C19H23N6O2+. The normalized spacial score (nSPS) is 19.6. The first kappa shape index (κ1) is 17.5. The van der Waals surface area contributed by atoms with Gasteiger partial charge in [0.15, 0.2) is 0 Å². The molecule has 140 valence electrons. The molecule has 27 heavy (non-hydrogen) atoms. The van der Waals surface area contributed by atoms with Crippen LogP contribution in [0, 0.1) is 0 Å². The van der Waals surface area contributed by atoms with Gasteiger partial charge in [-0.15, -0.1) is 0 Å². The van der Waals surface area contributed by atoms with Crippen molar-refractivity contribution in [2.45, 2.75) is 31.3 Å². The Morgan fingerprint density at radius 2 is 2.07 bits per heavy atom. The minimum atomic E-state index is -0.0194. The molecule has 0 radical (unpaired) electrons. The second-order valence-electron chi connectivity index (χ2n) is 6.91. The van der Waals surface area contributed by atoms with Crippen molar-refractivity contribution in [3.63, 3.8) is 0 Å². The molecule has 2 N–H and O–H groups in total. The lowest BCUT2D eigenvalue weighted by Crippen LogP contribution is -2.76. The summed E-state index contributed by atoms with van der Waals surface area (Å²) in [6, 6.07) is 0. The second-order valence-corrected chi connectivity index (χ2v) is 6.91. The number of fused-ring (bicyclic) bond motifs is 1. The fourth-order valence-electron chi connectivity index (χ4n) is 3.67. The van der Waals surface area contributed by atoms with E-state index in [2.05, 4.69) is 26.8 Å². The van der Waals surface area contributed by atoms with Crippen molar-refractivity contribution < 1.29 is 14.8 Å². The third-order valence-electron chi connectivity index (χ3n) is 5.10. The van der Waals surface area contributed by atoms with Crippen LogP contribution in [0.4, 0.5) is 5.82 Å². The minimum Gasteiger partial charge on any atom is -0.473 e. The molecule has 8 heteroatoms. The fraction of sp³-hybridized carbons (Fsp3) is 0.421. The highest BCUT2D eigenvalue weighted by Gasteiger charge is 2.31. The van der Waals surface area contributed by atoms with E-state index in [1.807, 2.05) is 12.4 Å². The molecule has 4 rings (SSSR count). The van der Waals surface area contributed by atoms with Gasteiger partial charge in [0.05, 0.1) is 18.7 Å². The average molecular weight is 367 g/mol. The molecule has 2 aromatic heterocycles.